The van der Waals surface area contributed by atoms with Crippen molar-refractivity contribution >= 4 is 17.7 Å². The maximum Gasteiger partial charge on any atom is 0.250 e. The minimum Gasteiger partial charge on any atom is -0.481 e. The van der Waals surface area contributed by atoms with Crippen molar-refractivity contribution in [2.24, 2.45) is 0 Å². The SMILES string of the molecule is COc1ccc(N(C)C(=O)C=Cc2ccccc2C#N)cn1. The van der Waals surface area contributed by atoms with Gasteiger partial charge in [0.2, 0.25) is 5.88 Å². The highest BCUT2D eigenvalue weighted by molar-refractivity contribution is 6.03. The third-order valence-electron chi connectivity index (χ3n) is 3.13. The molecule has 22 heavy (non-hydrogen) atoms. The molecule has 0 radical (unpaired) electrons. The molecule has 0 saturated heterocycles. The van der Waals surface area contributed by atoms with Crippen LogP contribution in [0, 0.1) is 11.3 Å². The molecule has 5 nitrogen and oxygen atoms in total. The average Bonchev–Trinajstić information content (AvgIpc) is 2.59. The van der Waals surface area contributed by atoms with Gasteiger partial charge in [-0.1, -0.05) is 18.2 Å². The standard InChI is InChI=1S/C17H15N3O2/c1-20(15-8-9-16(22-2)19-12-15)17(21)10-7-13-5-3-4-6-14(13)11-18/h3-10,12H,1-2H3. The number of aromatic nitrogens is 1. The van der Waals surface area contributed by atoms with E-state index in [9.17, 15) is 4.79 Å². The number of nitriles is 1. The van der Waals surface area contributed by atoms with Crippen LogP contribution >= 0.6 is 0 Å². The van der Waals surface area contributed by atoms with Crippen LogP contribution in [-0.4, -0.2) is 25.0 Å². The van der Waals surface area contributed by atoms with Crippen molar-refractivity contribution < 1.29 is 9.53 Å². The summed E-state index contributed by atoms with van der Waals surface area (Å²) < 4.78 is 4.98. The number of methoxy groups -OCH3 is 1. The van der Waals surface area contributed by atoms with Crippen LogP contribution in [0.5, 0.6) is 5.88 Å². The maximum atomic E-state index is 12.2. The van der Waals surface area contributed by atoms with Crippen molar-refractivity contribution in [3.63, 3.8) is 0 Å². The number of anilines is 1. The molecule has 1 amide bonds. The predicted octanol–water partition coefficient (Wildman–Crippen LogP) is 2.64. The monoisotopic (exact) mass is 293 g/mol. The van der Waals surface area contributed by atoms with E-state index in [-0.39, 0.29) is 5.91 Å². The summed E-state index contributed by atoms with van der Waals surface area (Å²) >= 11 is 0. The van der Waals surface area contributed by atoms with Crippen LogP contribution in [0.15, 0.2) is 48.7 Å². The van der Waals surface area contributed by atoms with Crippen molar-refractivity contribution in [2.45, 2.75) is 0 Å². The van der Waals surface area contributed by atoms with E-state index in [0.29, 0.717) is 22.7 Å². The zero-order valence-electron chi connectivity index (χ0n) is 12.4. The summed E-state index contributed by atoms with van der Waals surface area (Å²) in [7, 11) is 3.19. The van der Waals surface area contributed by atoms with Gasteiger partial charge in [-0.3, -0.25) is 4.79 Å². The molecule has 1 aromatic carbocycles. The van der Waals surface area contributed by atoms with Crippen LogP contribution < -0.4 is 9.64 Å². The highest BCUT2D eigenvalue weighted by atomic mass is 16.5. The molecular formula is C17H15N3O2. The van der Waals surface area contributed by atoms with E-state index < -0.39 is 0 Å². The number of carbonyl (C=O) groups excluding carboxylic acids is 1. The summed E-state index contributed by atoms with van der Waals surface area (Å²) in [4.78, 5) is 17.7. The third kappa shape index (κ3) is 3.49. The number of benzene rings is 1. The smallest absolute Gasteiger partial charge is 0.250 e. The molecular weight excluding hydrogens is 278 g/mol. The van der Waals surface area contributed by atoms with Gasteiger partial charge in [-0.2, -0.15) is 5.26 Å². The van der Waals surface area contributed by atoms with E-state index >= 15 is 0 Å². The van der Waals surface area contributed by atoms with Crippen molar-refractivity contribution in [3.05, 3.63) is 59.8 Å². The molecule has 0 unspecified atom stereocenters. The topological polar surface area (TPSA) is 66.2 Å². The first kappa shape index (κ1) is 15.3. The summed E-state index contributed by atoms with van der Waals surface area (Å²) in [5, 5.41) is 9.02. The fourth-order valence-corrected chi connectivity index (χ4v) is 1.84. The second-order valence-corrected chi connectivity index (χ2v) is 4.49. The molecule has 1 heterocycles. The molecule has 0 N–H and O–H groups in total. The van der Waals surface area contributed by atoms with Gasteiger partial charge in [-0.05, 0) is 23.8 Å². The number of likely N-dealkylation sites (N-methyl/N-ethyl adjacent to an activating group) is 1. The Kier molecular flexibility index (Phi) is 4.89. The second-order valence-electron chi connectivity index (χ2n) is 4.49. The highest BCUT2D eigenvalue weighted by Gasteiger charge is 2.08. The van der Waals surface area contributed by atoms with Crippen LogP contribution in [0.2, 0.25) is 0 Å². The van der Waals surface area contributed by atoms with E-state index in [0.717, 1.165) is 0 Å². The molecule has 0 atom stereocenters. The Hall–Kier alpha value is -3.13. The van der Waals surface area contributed by atoms with E-state index in [4.69, 9.17) is 10.00 Å². The fraction of sp³-hybridized carbons (Fsp3) is 0.118. The van der Waals surface area contributed by atoms with Gasteiger partial charge in [0.25, 0.3) is 5.91 Å². The lowest BCUT2D eigenvalue weighted by Gasteiger charge is -2.14. The van der Waals surface area contributed by atoms with Crippen LogP contribution in [0.4, 0.5) is 5.69 Å². The highest BCUT2D eigenvalue weighted by Crippen LogP contribution is 2.16. The molecule has 2 aromatic rings. The summed E-state index contributed by atoms with van der Waals surface area (Å²) in [6.07, 6.45) is 4.63. The predicted molar refractivity (Wildman–Crippen MR) is 84.4 cm³/mol. The number of pyridine rings is 1. The minimum atomic E-state index is -0.209. The molecule has 0 spiro atoms. The normalized spacial score (nSPS) is 10.2. The maximum absolute atomic E-state index is 12.2. The zero-order valence-corrected chi connectivity index (χ0v) is 12.4. The van der Waals surface area contributed by atoms with Crippen LogP contribution in [-0.2, 0) is 4.79 Å². The number of carbonyl (C=O) groups is 1. The molecule has 1 aromatic heterocycles. The first-order valence-electron chi connectivity index (χ1n) is 6.60. The Bertz CT molecular complexity index is 730. The molecule has 0 bridgehead atoms. The Labute approximate surface area is 129 Å². The van der Waals surface area contributed by atoms with Crippen molar-refractivity contribution in [1.29, 1.82) is 5.26 Å². The summed E-state index contributed by atoms with van der Waals surface area (Å²) in [5.74, 6) is 0.280. The number of hydrogen-bond acceptors (Lipinski definition) is 4. The van der Waals surface area contributed by atoms with E-state index in [1.54, 1.807) is 49.7 Å². The molecule has 0 fully saturated rings. The fourth-order valence-electron chi connectivity index (χ4n) is 1.84. The van der Waals surface area contributed by atoms with Crippen LogP contribution in [0.3, 0.4) is 0 Å². The summed E-state index contributed by atoms with van der Waals surface area (Å²) in [6, 6.07) is 12.6. The first-order valence-corrected chi connectivity index (χ1v) is 6.60. The third-order valence-corrected chi connectivity index (χ3v) is 3.13. The minimum absolute atomic E-state index is 0.209. The van der Waals surface area contributed by atoms with Crippen molar-refractivity contribution in [2.75, 3.05) is 19.1 Å². The quantitative estimate of drug-likeness (QED) is 0.813. The Morgan fingerprint density at radius 3 is 2.73 bits per heavy atom. The van der Waals surface area contributed by atoms with Crippen molar-refractivity contribution in [3.8, 4) is 11.9 Å². The van der Waals surface area contributed by atoms with Gasteiger partial charge in [0, 0.05) is 19.2 Å². The van der Waals surface area contributed by atoms with Gasteiger partial charge in [-0.15, -0.1) is 0 Å². The van der Waals surface area contributed by atoms with Crippen molar-refractivity contribution in [1.82, 2.24) is 4.98 Å². The lowest BCUT2D eigenvalue weighted by molar-refractivity contribution is -0.113. The lowest BCUT2D eigenvalue weighted by atomic mass is 10.1. The van der Waals surface area contributed by atoms with E-state index in [1.807, 2.05) is 6.07 Å². The molecule has 110 valence electrons. The molecule has 0 saturated carbocycles. The Balaban J connectivity index is 2.13. The van der Waals surface area contributed by atoms with Crippen LogP contribution in [0.25, 0.3) is 6.08 Å². The molecule has 0 aliphatic carbocycles. The molecule has 0 aliphatic rings. The molecule has 2 rings (SSSR count). The summed E-state index contributed by atoms with van der Waals surface area (Å²) in [6.45, 7) is 0. The van der Waals surface area contributed by atoms with Gasteiger partial charge in [0.15, 0.2) is 0 Å². The zero-order chi connectivity index (χ0) is 15.9. The second kappa shape index (κ2) is 7.04. The number of amides is 1. The van der Waals surface area contributed by atoms with Gasteiger partial charge in [-0.25, -0.2) is 4.98 Å². The van der Waals surface area contributed by atoms with Gasteiger partial charge in [0.1, 0.15) is 0 Å². The average molecular weight is 293 g/mol. The van der Waals surface area contributed by atoms with Gasteiger partial charge >= 0.3 is 0 Å². The number of ether oxygens (including phenoxy) is 1. The lowest BCUT2D eigenvalue weighted by Crippen LogP contribution is -2.24. The summed E-state index contributed by atoms with van der Waals surface area (Å²) in [5.41, 5.74) is 1.89. The van der Waals surface area contributed by atoms with Gasteiger partial charge in [0.05, 0.1) is 30.6 Å². The number of rotatable bonds is 4. The van der Waals surface area contributed by atoms with E-state index in [2.05, 4.69) is 11.1 Å². The number of hydrogen-bond donors (Lipinski definition) is 0. The van der Waals surface area contributed by atoms with Gasteiger partial charge < -0.3 is 9.64 Å². The van der Waals surface area contributed by atoms with Crippen LogP contribution in [0.1, 0.15) is 11.1 Å². The molecule has 0 aliphatic heterocycles. The number of nitrogens with zero attached hydrogens (tertiary/aromatic N) is 3. The Morgan fingerprint density at radius 2 is 2.09 bits per heavy atom. The van der Waals surface area contributed by atoms with E-state index in [1.165, 1.54) is 18.1 Å². The Morgan fingerprint density at radius 1 is 1.32 bits per heavy atom. The molecule has 5 heteroatoms. The first-order chi connectivity index (χ1) is 10.7. The largest absolute Gasteiger partial charge is 0.481 e.